The first kappa shape index (κ1) is 12.9. The van der Waals surface area contributed by atoms with Crippen LogP contribution in [0.5, 0.6) is 0 Å². The molecule has 4 nitrogen and oxygen atoms in total. The summed E-state index contributed by atoms with van der Waals surface area (Å²) in [4.78, 5) is 2.30. The lowest BCUT2D eigenvalue weighted by Crippen LogP contribution is -2.42. The van der Waals surface area contributed by atoms with Crippen LogP contribution < -0.4 is 10.6 Å². The van der Waals surface area contributed by atoms with Crippen LogP contribution in [0.25, 0.3) is 0 Å². The van der Waals surface area contributed by atoms with Crippen LogP contribution in [0.1, 0.15) is 12.8 Å². The maximum atomic E-state index is 5.04. The molecule has 0 spiro atoms. The van der Waals surface area contributed by atoms with Crippen molar-refractivity contribution < 1.29 is 4.74 Å². The van der Waals surface area contributed by atoms with Crippen LogP contribution in [0.4, 0.5) is 0 Å². The molecule has 1 saturated heterocycles. The molecule has 0 unspecified atom stereocenters. The van der Waals surface area contributed by atoms with Gasteiger partial charge in [-0.3, -0.25) is 0 Å². The van der Waals surface area contributed by atoms with Gasteiger partial charge in [-0.2, -0.15) is 0 Å². The Morgan fingerprint density at radius 2 is 2.07 bits per heavy atom. The Balaban J connectivity index is 1.94. The molecule has 0 aliphatic carbocycles. The van der Waals surface area contributed by atoms with E-state index in [4.69, 9.17) is 4.74 Å². The molecule has 90 valence electrons. The summed E-state index contributed by atoms with van der Waals surface area (Å²) in [5, 5.41) is 6.98. The second-order valence-electron chi connectivity index (χ2n) is 4.27. The fraction of sp³-hybridized carbons (Fsp3) is 1.00. The molecule has 2 N–H and O–H groups in total. The molecule has 0 aromatic heterocycles. The van der Waals surface area contributed by atoms with Crippen LogP contribution in [0.3, 0.4) is 0 Å². The van der Waals surface area contributed by atoms with Gasteiger partial charge in [0.05, 0.1) is 6.61 Å². The number of hydrogen-bond donors (Lipinski definition) is 2. The standard InChI is InChI=1S/C11H25N3O/c1-14(9-10-15-2)8-7-13-11-3-5-12-6-4-11/h11-13H,3-10H2,1-2H3. The molecular formula is C11H25N3O. The van der Waals surface area contributed by atoms with Crippen LogP contribution in [0, 0.1) is 0 Å². The minimum absolute atomic E-state index is 0.724. The molecule has 15 heavy (non-hydrogen) atoms. The largest absolute Gasteiger partial charge is 0.383 e. The molecule has 1 aliphatic heterocycles. The van der Waals surface area contributed by atoms with Gasteiger partial charge >= 0.3 is 0 Å². The van der Waals surface area contributed by atoms with Crippen molar-refractivity contribution in [3.8, 4) is 0 Å². The third kappa shape index (κ3) is 6.10. The summed E-state index contributed by atoms with van der Waals surface area (Å²) in [5.41, 5.74) is 0. The zero-order valence-electron chi connectivity index (χ0n) is 10.1. The van der Waals surface area contributed by atoms with Crippen molar-refractivity contribution in [2.75, 3.05) is 53.5 Å². The van der Waals surface area contributed by atoms with Gasteiger partial charge in [0.15, 0.2) is 0 Å². The van der Waals surface area contributed by atoms with Crippen molar-refractivity contribution in [2.45, 2.75) is 18.9 Å². The Hall–Kier alpha value is -0.160. The van der Waals surface area contributed by atoms with Crippen LogP contribution >= 0.6 is 0 Å². The summed E-state index contributed by atoms with van der Waals surface area (Å²) in [6, 6.07) is 0.724. The molecule has 0 aromatic carbocycles. The second-order valence-corrected chi connectivity index (χ2v) is 4.27. The van der Waals surface area contributed by atoms with Gasteiger partial charge in [0.2, 0.25) is 0 Å². The minimum Gasteiger partial charge on any atom is -0.383 e. The number of hydrogen-bond acceptors (Lipinski definition) is 4. The van der Waals surface area contributed by atoms with Gasteiger partial charge in [0.25, 0.3) is 0 Å². The van der Waals surface area contributed by atoms with E-state index >= 15 is 0 Å². The van der Waals surface area contributed by atoms with Gasteiger partial charge in [-0.25, -0.2) is 0 Å². The molecule has 4 heteroatoms. The van der Waals surface area contributed by atoms with E-state index in [-0.39, 0.29) is 0 Å². The van der Waals surface area contributed by atoms with Gasteiger partial charge in [0, 0.05) is 32.8 Å². The first-order valence-electron chi connectivity index (χ1n) is 5.94. The quantitative estimate of drug-likeness (QED) is 0.622. The van der Waals surface area contributed by atoms with Gasteiger partial charge in [-0.15, -0.1) is 0 Å². The maximum absolute atomic E-state index is 5.04. The molecule has 0 radical (unpaired) electrons. The Kier molecular flexibility index (Phi) is 6.92. The van der Waals surface area contributed by atoms with E-state index in [1.807, 2.05) is 0 Å². The number of nitrogens with zero attached hydrogens (tertiary/aromatic N) is 1. The van der Waals surface area contributed by atoms with Gasteiger partial charge < -0.3 is 20.3 Å². The Morgan fingerprint density at radius 3 is 2.73 bits per heavy atom. The van der Waals surface area contributed by atoms with E-state index < -0.39 is 0 Å². The predicted molar refractivity (Wildman–Crippen MR) is 63.3 cm³/mol. The second kappa shape index (κ2) is 8.05. The average Bonchev–Trinajstić information content (AvgIpc) is 2.28. The number of rotatable bonds is 7. The van der Waals surface area contributed by atoms with E-state index in [1.54, 1.807) is 7.11 Å². The lowest BCUT2D eigenvalue weighted by molar-refractivity contribution is 0.160. The van der Waals surface area contributed by atoms with Crippen LogP contribution in [-0.2, 0) is 4.74 Å². The van der Waals surface area contributed by atoms with E-state index in [0.717, 1.165) is 45.4 Å². The average molecular weight is 215 g/mol. The zero-order chi connectivity index (χ0) is 10.9. The molecule has 0 aromatic rings. The third-order valence-corrected chi connectivity index (χ3v) is 2.94. The summed E-state index contributed by atoms with van der Waals surface area (Å²) >= 11 is 0. The number of ether oxygens (including phenoxy) is 1. The molecule has 1 rings (SSSR count). The third-order valence-electron chi connectivity index (χ3n) is 2.94. The molecular weight excluding hydrogens is 190 g/mol. The van der Waals surface area contributed by atoms with Gasteiger partial charge in [-0.1, -0.05) is 0 Å². The highest BCUT2D eigenvalue weighted by Crippen LogP contribution is 2.00. The molecule has 0 atom stereocenters. The van der Waals surface area contributed by atoms with E-state index in [1.165, 1.54) is 12.8 Å². The Labute approximate surface area is 93.4 Å². The fourth-order valence-electron chi connectivity index (χ4n) is 1.84. The molecule has 0 amide bonds. The van der Waals surface area contributed by atoms with Crippen LogP contribution in [0.2, 0.25) is 0 Å². The SMILES string of the molecule is COCCN(C)CCNC1CCNCC1. The van der Waals surface area contributed by atoms with Gasteiger partial charge in [0.1, 0.15) is 0 Å². The van der Waals surface area contributed by atoms with E-state index in [0.29, 0.717) is 0 Å². The number of methoxy groups -OCH3 is 1. The minimum atomic E-state index is 0.724. The Morgan fingerprint density at radius 1 is 1.33 bits per heavy atom. The zero-order valence-corrected chi connectivity index (χ0v) is 10.1. The molecule has 1 fully saturated rings. The maximum Gasteiger partial charge on any atom is 0.0589 e. The lowest BCUT2D eigenvalue weighted by Gasteiger charge is -2.25. The number of likely N-dealkylation sites (N-methyl/N-ethyl adjacent to an activating group) is 1. The first-order chi connectivity index (χ1) is 7.33. The summed E-state index contributed by atoms with van der Waals surface area (Å²) in [5.74, 6) is 0. The van der Waals surface area contributed by atoms with Crippen molar-refractivity contribution in [3.05, 3.63) is 0 Å². The lowest BCUT2D eigenvalue weighted by atomic mass is 10.1. The highest BCUT2D eigenvalue weighted by atomic mass is 16.5. The number of nitrogens with one attached hydrogen (secondary N) is 2. The summed E-state index contributed by atoms with van der Waals surface area (Å²) in [7, 11) is 3.89. The monoisotopic (exact) mass is 215 g/mol. The van der Waals surface area contributed by atoms with Crippen LogP contribution in [-0.4, -0.2) is 64.4 Å². The Bertz CT molecular complexity index is 149. The fourth-order valence-corrected chi connectivity index (χ4v) is 1.84. The normalized spacial score (nSPS) is 18.6. The van der Waals surface area contributed by atoms with Crippen molar-refractivity contribution in [1.29, 1.82) is 0 Å². The van der Waals surface area contributed by atoms with E-state index in [2.05, 4.69) is 22.6 Å². The van der Waals surface area contributed by atoms with E-state index in [9.17, 15) is 0 Å². The summed E-state index contributed by atoms with van der Waals surface area (Å²) < 4.78 is 5.04. The highest BCUT2D eigenvalue weighted by Gasteiger charge is 2.11. The van der Waals surface area contributed by atoms with Gasteiger partial charge in [-0.05, 0) is 33.0 Å². The van der Waals surface area contributed by atoms with Crippen molar-refractivity contribution >= 4 is 0 Å². The van der Waals surface area contributed by atoms with Crippen molar-refractivity contribution in [1.82, 2.24) is 15.5 Å². The molecule has 1 heterocycles. The van der Waals surface area contributed by atoms with Crippen molar-refractivity contribution in [2.24, 2.45) is 0 Å². The van der Waals surface area contributed by atoms with Crippen molar-refractivity contribution in [3.63, 3.8) is 0 Å². The molecule has 1 aliphatic rings. The topological polar surface area (TPSA) is 36.5 Å². The first-order valence-corrected chi connectivity index (χ1v) is 5.94. The summed E-state index contributed by atoms with van der Waals surface area (Å²) in [6.07, 6.45) is 2.53. The van der Waals surface area contributed by atoms with Crippen LogP contribution in [0.15, 0.2) is 0 Å². The smallest absolute Gasteiger partial charge is 0.0589 e. The number of piperidine rings is 1. The molecule has 0 bridgehead atoms. The summed E-state index contributed by atoms with van der Waals surface area (Å²) in [6.45, 7) is 6.36. The molecule has 0 saturated carbocycles. The predicted octanol–water partition coefficient (Wildman–Crippen LogP) is -0.0938. The highest BCUT2D eigenvalue weighted by molar-refractivity contribution is 4.74.